The van der Waals surface area contributed by atoms with Crippen molar-refractivity contribution in [2.45, 2.75) is 18.7 Å². The molecule has 0 bridgehead atoms. The third-order valence-electron chi connectivity index (χ3n) is 2.90. The van der Waals surface area contributed by atoms with Crippen LogP contribution in [0.3, 0.4) is 0 Å². The second-order valence-corrected chi connectivity index (χ2v) is 6.94. The van der Waals surface area contributed by atoms with Crippen LogP contribution in [0, 0.1) is 13.8 Å². The molecule has 0 aliphatic rings. The van der Waals surface area contributed by atoms with E-state index in [1.807, 2.05) is 32.0 Å². The summed E-state index contributed by atoms with van der Waals surface area (Å²) in [7, 11) is -3.75. The van der Waals surface area contributed by atoms with Crippen molar-refractivity contribution in [1.29, 1.82) is 0 Å². The lowest BCUT2D eigenvalue weighted by Gasteiger charge is -2.14. The molecule has 0 amide bonds. The van der Waals surface area contributed by atoms with Gasteiger partial charge in [-0.3, -0.25) is 4.72 Å². The number of nitrogens with one attached hydrogen (secondary N) is 1. The summed E-state index contributed by atoms with van der Waals surface area (Å²) in [5.74, 6) is 0. The van der Waals surface area contributed by atoms with Gasteiger partial charge in [-0.1, -0.05) is 41.4 Å². The Hall–Kier alpha value is -1.23. The van der Waals surface area contributed by atoms with E-state index in [9.17, 15) is 8.42 Å². The summed E-state index contributed by atoms with van der Waals surface area (Å²) in [6.07, 6.45) is 0. The van der Waals surface area contributed by atoms with Gasteiger partial charge in [-0.15, -0.1) is 0 Å². The molecule has 0 aliphatic heterocycles. The molecule has 20 heavy (non-hydrogen) atoms. The molecule has 0 radical (unpaired) electrons. The van der Waals surface area contributed by atoms with E-state index in [-0.39, 0.29) is 9.92 Å². The summed E-state index contributed by atoms with van der Waals surface area (Å²) in [4.78, 5) is 0.00576. The van der Waals surface area contributed by atoms with Gasteiger partial charge in [-0.05, 0) is 43.2 Å². The molecule has 1 N–H and O–H groups in total. The predicted octanol–water partition coefficient (Wildman–Crippen LogP) is 4.41. The van der Waals surface area contributed by atoms with Crippen LogP contribution in [0.1, 0.15) is 11.1 Å². The first-order chi connectivity index (χ1) is 9.31. The number of aryl methyl sites for hydroxylation is 2. The number of hydrogen-bond donors (Lipinski definition) is 1. The lowest BCUT2D eigenvalue weighted by atomic mass is 10.1. The molecule has 0 saturated heterocycles. The number of hydrogen-bond acceptors (Lipinski definition) is 2. The Kier molecular flexibility index (Phi) is 4.28. The van der Waals surface area contributed by atoms with Crippen molar-refractivity contribution in [2.75, 3.05) is 4.72 Å². The van der Waals surface area contributed by atoms with E-state index in [1.54, 1.807) is 0 Å². The van der Waals surface area contributed by atoms with Gasteiger partial charge >= 0.3 is 0 Å². The summed E-state index contributed by atoms with van der Waals surface area (Å²) in [5.41, 5.74) is 2.26. The van der Waals surface area contributed by atoms with E-state index in [4.69, 9.17) is 23.2 Å². The maximum atomic E-state index is 12.4. The Labute approximate surface area is 128 Å². The third kappa shape index (κ3) is 3.08. The summed E-state index contributed by atoms with van der Waals surface area (Å²) < 4.78 is 27.4. The van der Waals surface area contributed by atoms with Gasteiger partial charge in [-0.25, -0.2) is 8.42 Å². The molecule has 2 aromatic rings. The zero-order valence-corrected chi connectivity index (χ0v) is 13.3. The Balaban J connectivity index is 2.46. The van der Waals surface area contributed by atoms with E-state index in [0.29, 0.717) is 10.7 Å². The van der Waals surface area contributed by atoms with Gasteiger partial charge in [0, 0.05) is 5.02 Å². The zero-order valence-electron chi connectivity index (χ0n) is 10.9. The summed E-state index contributed by atoms with van der Waals surface area (Å²) in [5, 5.41) is 0.484. The molecule has 0 fully saturated rings. The van der Waals surface area contributed by atoms with Crippen LogP contribution in [-0.4, -0.2) is 8.42 Å². The fourth-order valence-corrected chi connectivity index (χ4v) is 3.83. The number of para-hydroxylation sites is 1. The van der Waals surface area contributed by atoms with Crippen LogP contribution in [0.25, 0.3) is 0 Å². The van der Waals surface area contributed by atoms with Crippen molar-refractivity contribution in [3.05, 3.63) is 57.6 Å². The number of rotatable bonds is 3. The molecular formula is C14H13Cl2NO2S. The Morgan fingerprint density at radius 3 is 2.15 bits per heavy atom. The SMILES string of the molecule is Cc1cccc(C)c1NS(=O)(=O)c1ccc(Cl)cc1Cl. The maximum Gasteiger partial charge on any atom is 0.263 e. The molecule has 0 atom stereocenters. The molecular weight excluding hydrogens is 317 g/mol. The third-order valence-corrected chi connectivity index (χ3v) is 4.97. The predicted molar refractivity (Wildman–Crippen MR) is 83.2 cm³/mol. The maximum absolute atomic E-state index is 12.4. The number of halogens is 2. The topological polar surface area (TPSA) is 46.2 Å². The lowest BCUT2D eigenvalue weighted by Crippen LogP contribution is -2.15. The minimum atomic E-state index is -3.75. The molecule has 2 rings (SSSR count). The van der Waals surface area contributed by atoms with Crippen molar-refractivity contribution in [3.63, 3.8) is 0 Å². The number of sulfonamides is 1. The van der Waals surface area contributed by atoms with E-state index in [0.717, 1.165) is 11.1 Å². The van der Waals surface area contributed by atoms with Gasteiger partial charge < -0.3 is 0 Å². The first-order valence-electron chi connectivity index (χ1n) is 5.85. The molecule has 6 heteroatoms. The summed E-state index contributed by atoms with van der Waals surface area (Å²) in [6.45, 7) is 3.68. The molecule has 0 aliphatic carbocycles. The Morgan fingerprint density at radius 2 is 1.60 bits per heavy atom. The number of benzene rings is 2. The highest BCUT2D eigenvalue weighted by Crippen LogP contribution is 2.28. The van der Waals surface area contributed by atoms with Crippen LogP contribution in [0.15, 0.2) is 41.3 Å². The monoisotopic (exact) mass is 329 g/mol. The highest BCUT2D eigenvalue weighted by atomic mass is 35.5. The van der Waals surface area contributed by atoms with Crippen molar-refractivity contribution >= 4 is 38.9 Å². The molecule has 3 nitrogen and oxygen atoms in total. The molecule has 106 valence electrons. The van der Waals surface area contributed by atoms with Gasteiger partial charge in [-0.2, -0.15) is 0 Å². The Bertz CT molecular complexity index is 738. The van der Waals surface area contributed by atoms with Crippen molar-refractivity contribution in [1.82, 2.24) is 0 Å². The molecule has 0 heterocycles. The second kappa shape index (κ2) is 5.64. The molecule has 0 aromatic heterocycles. The molecule has 0 spiro atoms. The smallest absolute Gasteiger partial charge is 0.263 e. The fourth-order valence-electron chi connectivity index (χ4n) is 1.86. The van der Waals surface area contributed by atoms with E-state index in [1.165, 1.54) is 18.2 Å². The highest BCUT2D eigenvalue weighted by molar-refractivity contribution is 7.92. The standard InChI is InChI=1S/C14H13Cl2NO2S/c1-9-4-3-5-10(2)14(9)17-20(18,19)13-7-6-11(15)8-12(13)16/h3-8,17H,1-2H3. The average Bonchev–Trinajstić information content (AvgIpc) is 2.33. The second-order valence-electron chi connectivity index (χ2n) is 4.45. The lowest BCUT2D eigenvalue weighted by molar-refractivity contribution is 0.601. The molecule has 0 saturated carbocycles. The van der Waals surface area contributed by atoms with Crippen LogP contribution in [0.4, 0.5) is 5.69 Å². The van der Waals surface area contributed by atoms with Gasteiger partial charge in [0.15, 0.2) is 0 Å². The minimum absolute atomic E-state index is 0.00576. The van der Waals surface area contributed by atoms with Gasteiger partial charge in [0.25, 0.3) is 10.0 Å². The van der Waals surface area contributed by atoms with E-state index in [2.05, 4.69) is 4.72 Å². The van der Waals surface area contributed by atoms with Crippen molar-refractivity contribution in [2.24, 2.45) is 0 Å². The molecule has 2 aromatic carbocycles. The van der Waals surface area contributed by atoms with Crippen molar-refractivity contribution < 1.29 is 8.42 Å². The van der Waals surface area contributed by atoms with Gasteiger partial charge in [0.05, 0.1) is 10.7 Å². The van der Waals surface area contributed by atoms with Crippen LogP contribution in [0.2, 0.25) is 10.0 Å². The van der Waals surface area contributed by atoms with Crippen molar-refractivity contribution in [3.8, 4) is 0 Å². The van der Waals surface area contributed by atoms with Gasteiger partial charge in [0.2, 0.25) is 0 Å². The molecule has 0 unspecified atom stereocenters. The van der Waals surface area contributed by atoms with Crippen LogP contribution >= 0.6 is 23.2 Å². The quantitative estimate of drug-likeness (QED) is 0.906. The highest BCUT2D eigenvalue weighted by Gasteiger charge is 2.19. The van der Waals surface area contributed by atoms with Crippen LogP contribution in [-0.2, 0) is 10.0 Å². The number of anilines is 1. The summed E-state index contributed by atoms with van der Waals surface area (Å²) in [6, 6.07) is 9.84. The Morgan fingerprint density at radius 1 is 1.00 bits per heavy atom. The first-order valence-corrected chi connectivity index (χ1v) is 8.09. The van der Waals surface area contributed by atoms with Crippen LogP contribution < -0.4 is 4.72 Å². The average molecular weight is 330 g/mol. The summed E-state index contributed by atoms with van der Waals surface area (Å²) >= 11 is 11.7. The normalized spacial score (nSPS) is 11.4. The van der Waals surface area contributed by atoms with E-state index < -0.39 is 10.0 Å². The largest absolute Gasteiger partial charge is 0.279 e. The van der Waals surface area contributed by atoms with Gasteiger partial charge in [0.1, 0.15) is 4.90 Å². The zero-order chi connectivity index (χ0) is 14.9. The fraction of sp³-hybridized carbons (Fsp3) is 0.143. The minimum Gasteiger partial charge on any atom is -0.279 e. The first kappa shape index (κ1) is 15.2. The van der Waals surface area contributed by atoms with Crippen LogP contribution in [0.5, 0.6) is 0 Å². The van der Waals surface area contributed by atoms with E-state index >= 15 is 0 Å².